The molecule has 0 radical (unpaired) electrons. The molecule has 6 heteroatoms. The number of methoxy groups -OCH3 is 1. The molecule has 0 atom stereocenters. The Morgan fingerprint density at radius 3 is 2.65 bits per heavy atom. The van der Waals surface area contributed by atoms with Gasteiger partial charge in [0.1, 0.15) is 0 Å². The summed E-state index contributed by atoms with van der Waals surface area (Å²) >= 11 is 0. The Bertz CT molecular complexity index is 956. The molecule has 0 aliphatic carbocycles. The Morgan fingerprint density at radius 1 is 1.00 bits per heavy atom. The summed E-state index contributed by atoms with van der Waals surface area (Å²) in [5.41, 5.74) is 0.855. The molecule has 6 nitrogen and oxygen atoms in total. The SMILES string of the molecule is COc1cccc2c1Oc1c(NCCN(C)C)nc3ccccc3c1O2. The Hall–Kier alpha value is -2.99. The smallest absolute Gasteiger partial charge is 0.213 e. The topological polar surface area (TPSA) is 55.9 Å². The number of pyridine rings is 1. The molecule has 0 fully saturated rings. The maximum Gasteiger partial charge on any atom is 0.213 e. The number of aromatic nitrogens is 1. The molecule has 0 saturated heterocycles. The van der Waals surface area contributed by atoms with Gasteiger partial charge in [-0.2, -0.15) is 0 Å². The molecule has 3 aromatic rings. The van der Waals surface area contributed by atoms with Crippen LogP contribution in [0.2, 0.25) is 0 Å². The van der Waals surface area contributed by atoms with E-state index in [-0.39, 0.29) is 0 Å². The van der Waals surface area contributed by atoms with Crippen molar-refractivity contribution in [3.8, 4) is 28.7 Å². The normalized spacial score (nSPS) is 12.2. The average Bonchev–Trinajstić information content (AvgIpc) is 2.66. The summed E-state index contributed by atoms with van der Waals surface area (Å²) in [6.07, 6.45) is 0. The van der Waals surface area contributed by atoms with E-state index in [0.717, 1.165) is 24.0 Å². The van der Waals surface area contributed by atoms with Crippen molar-refractivity contribution in [2.75, 3.05) is 39.6 Å². The Balaban J connectivity index is 1.81. The molecule has 26 heavy (non-hydrogen) atoms. The zero-order chi connectivity index (χ0) is 18.1. The van der Waals surface area contributed by atoms with Crippen molar-refractivity contribution in [1.82, 2.24) is 9.88 Å². The third-order valence-corrected chi connectivity index (χ3v) is 4.23. The third kappa shape index (κ3) is 2.88. The summed E-state index contributed by atoms with van der Waals surface area (Å²) in [6, 6.07) is 13.5. The van der Waals surface area contributed by atoms with Crippen LogP contribution >= 0.6 is 0 Å². The Morgan fingerprint density at radius 2 is 1.85 bits per heavy atom. The lowest BCUT2D eigenvalue weighted by atomic mass is 10.1. The zero-order valence-electron chi connectivity index (χ0n) is 15.1. The van der Waals surface area contributed by atoms with Gasteiger partial charge in [0.25, 0.3) is 0 Å². The van der Waals surface area contributed by atoms with Crippen LogP contribution in [0.3, 0.4) is 0 Å². The van der Waals surface area contributed by atoms with E-state index in [4.69, 9.17) is 19.2 Å². The van der Waals surface area contributed by atoms with Gasteiger partial charge >= 0.3 is 0 Å². The number of likely N-dealkylation sites (N-methyl/N-ethyl adjacent to an activating group) is 1. The maximum atomic E-state index is 6.21. The number of rotatable bonds is 5. The second-order valence-electron chi connectivity index (χ2n) is 6.36. The fourth-order valence-corrected chi connectivity index (χ4v) is 2.93. The summed E-state index contributed by atoms with van der Waals surface area (Å²) in [6.45, 7) is 1.62. The first-order chi connectivity index (χ1) is 12.7. The molecule has 2 aromatic carbocycles. The van der Waals surface area contributed by atoms with Crippen LogP contribution in [0.4, 0.5) is 5.82 Å². The maximum absolute atomic E-state index is 6.21. The minimum Gasteiger partial charge on any atom is -0.493 e. The van der Waals surface area contributed by atoms with Crippen molar-refractivity contribution in [3.05, 3.63) is 42.5 Å². The van der Waals surface area contributed by atoms with Crippen molar-refractivity contribution in [2.45, 2.75) is 0 Å². The number of nitrogens with one attached hydrogen (secondary N) is 1. The van der Waals surface area contributed by atoms with Crippen molar-refractivity contribution in [3.63, 3.8) is 0 Å². The van der Waals surface area contributed by atoms with Gasteiger partial charge in [-0.05, 0) is 38.4 Å². The number of fused-ring (bicyclic) bond motifs is 4. The fourth-order valence-electron chi connectivity index (χ4n) is 2.93. The van der Waals surface area contributed by atoms with Crippen LogP contribution in [0.15, 0.2) is 42.5 Å². The van der Waals surface area contributed by atoms with Gasteiger partial charge in [-0.1, -0.05) is 18.2 Å². The molecule has 1 N–H and O–H groups in total. The number of ether oxygens (including phenoxy) is 3. The molecule has 1 aromatic heterocycles. The first-order valence-corrected chi connectivity index (χ1v) is 8.51. The highest BCUT2D eigenvalue weighted by atomic mass is 16.6. The van der Waals surface area contributed by atoms with E-state index in [0.29, 0.717) is 34.6 Å². The minimum absolute atomic E-state index is 0.565. The van der Waals surface area contributed by atoms with Gasteiger partial charge in [0.15, 0.2) is 23.1 Å². The highest BCUT2D eigenvalue weighted by molar-refractivity contribution is 5.92. The Labute approximate surface area is 152 Å². The molecule has 0 spiro atoms. The molecule has 0 saturated carbocycles. The van der Waals surface area contributed by atoms with Gasteiger partial charge in [0.2, 0.25) is 11.5 Å². The number of hydrogen-bond donors (Lipinski definition) is 1. The van der Waals surface area contributed by atoms with Crippen LogP contribution in [0.25, 0.3) is 10.9 Å². The number of benzene rings is 2. The first-order valence-electron chi connectivity index (χ1n) is 8.51. The van der Waals surface area contributed by atoms with Crippen LogP contribution in [-0.2, 0) is 0 Å². The largest absolute Gasteiger partial charge is 0.493 e. The van der Waals surface area contributed by atoms with Crippen LogP contribution in [-0.4, -0.2) is 44.2 Å². The van der Waals surface area contributed by atoms with Crippen LogP contribution in [0, 0.1) is 0 Å². The van der Waals surface area contributed by atoms with Gasteiger partial charge in [0, 0.05) is 18.5 Å². The lowest BCUT2D eigenvalue weighted by Crippen LogP contribution is -2.21. The Kier molecular flexibility index (Phi) is 4.26. The quantitative estimate of drug-likeness (QED) is 0.584. The summed E-state index contributed by atoms with van der Waals surface area (Å²) in [5, 5.41) is 4.28. The van der Waals surface area contributed by atoms with Crippen molar-refractivity contribution >= 4 is 16.7 Å². The number of anilines is 1. The summed E-state index contributed by atoms with van der Waals surface area (Å²) < 4.78 is 17.8. The number of hydrogen-bond acceptors (Lipinski definition) is 6. The molecular weight excluding hydrogens is 330 g/mol. The second-order valence-corrected chi connectivity index (χ2v) is 6.36. The van der Waals surface area contributed by atoms with Gasteiger partial charge < -0.3 is 24.4 Å². The van der Waals surface area contributed by atoms with Gasteiger partial charge in [-0.15, -0.1) is 0 Å². The molecule has 1 aliphatic rings. The molecule has 0 unspecified atom stereocenters. The highest BCUT2D eigenvalue weighted by Gasteiger charge is 2.27. The van der Waals surface area contributed by atoms with E-state index in [1.54, 1.807) is 7.11 Å². The van der Waals surface area contributed by atoms with Crippen molar-refractivity contribution < 1.29 is 14.2 Å². The monoisotopic (exact) mass is 351 g/mol. The zero-order valence-corrected chi connectivity index (χ0v) is 15.1. The highest BCUT2D eigenvalue weighted by Crippen LogP contribution is 2.53. The van der Waals surface area contributed by atoms with Gasteiger partial charge in [0.05, 0.1) is 12.6 Å². The molecule has 1 aliphatic heterocycles. The lowest BCUT2D eigenvalue weighted by Gasteiger charge is -2.25. The third-order valence-electron chi connectivity index (χ3n) is 4.23. The molecule has 2 heterocycles. The standard InChI is InChI=1S/C20H21N3O3/c1-23(2)12-11-21-20-19-17(13-7-4-5-8-14(13)22-20)25-16-10-6-9-15(24-3)18(16)26-19/h4-10H,11-12H2,1-3H3,(H,21,22). The predicted octanol–water partition coefficient (Wildman–Crippen LogP) is 4.11. The molecule has 134 valence electrons. The number of para-hydroxylation sites is 2. The van der Waals surface area contributed by atoms with E-state index >= 15 is 0 Å². The van der Waals surface area contributed by atoms with E-state index < -0.39 is 0 Å². The lowest BCUT2D eigenvalue weighted by molar-refractivity contribution is 0.330. The summed E-state index contributed by atoms with van der Waals surface area (Å²) in [7, 11) is 5.68. The summed E-state index contributed by atoms with van der Waals surface area (Å²) in [5.74, 6) is 3.74. The predicted molar refractivity (Wildman–Crippen MR) is 102 cm³/mol. The molecule has 4 rings (SSSR count). The molecule has 0 amide bonds. The fraction of sp³-hybridized carbons (Fsp3) is 0.250. The summed E-state index contributed by atoms with van der Waals surface area (Å²) in [4.78, 5) is 6.85. The average molecular weight is 351 g/mol. The van der Waals surface area contributed by atoms with E-state index in [1.165, 1.54) is 0 Å². The van der Waals surface area contributed by atoms with Gasteiger partial charge in [-0.3, -0.25) is 0 Å². The van der Waals surface area contributed by atoms with Crippen LogP contribution in [0.5, 0.6) is 28.7 Å². The van der Waals surface area contributed by atoms with Gasteiger partial charge in [-0.25, -0.2) is 4.98 Å². The van der Waals surface area contributed by atoms with E-state index in [2.05, 4.69) is 10.2 Å². The molecule has 0 bridgehead atoms. The molecular formula is C20H21N3O3. The van der Waals surface area contributed by atoms with Crippen molar-refractivity contribution in [1.29, 1.82) is 0 Å². The van der Waals surface area contributed by atoms with Crippen LogP contribution < -0.4 is 19.5 Å². The van der Waals surface area contributed by atoms with Crippen molar-refractivity contribution in [2.24, 2.45) is 0 Å². The minimum atomic E-state index is 0.565. The second kappa shape index (κ2) is 6.72. The van der Waals surface area contributed by atoms with Crippen LogP contribution in [0.1, 0.15) is 0 Å². The van der Waals surface area contributed by atoms with E-state index in [9.17, 15) is 0 Å². The van der Waals surface area contributed by atoms with E-state index in [1.807, 2.05) is 56.6 Å². The first kappa shape index (κ1) is 16.5. The number of nitrogens with zero attached hydrogens (tertiary/aromatic N) is 2.